The van der Waals surface area contributed by atoms with Crippen molar-refractivity contribution in [2.24, 2.45) is 5.92 Å². The summed E-state index contributed by atoms with van der Waals surface area (Å²) in [6, 6.07) is 9.11. The maximum atomic E-state index is 12.4. The Balaban J connectivity index is 0.00000264. The van der Waals surface area contributed by atoms with Crippen molar-refractivity contribution in [3.8, 4) is 0 Å². The van der Waals surface area contributed by atoms with E-state index in [0.29, 0.717) is 6.04 Å². The molecule has 0 saturated carbocycles. The zero-order chi connectivity index (χ0) is 16.3. The molecule has 0 radical (unpaired) electrons. The first-order valence-corrected chi connectivity index (χ1v) is 8.41. The Hall–Kier alpha value is -1.06. The molecule has 0 aromatic heterocycles. The quantitative estimate of drug-likeness (QED) is 0.875. The highest BCUT2D eigenvalue weighted by Crippen LogP contribution is 2.24. The number of amides is 1. The molecule has 3 nitrogen and oxygen atoms in total. The highest BCUT2D eigenvalue weighted by molar-refractivity contribution is 5.85. The van der Waals surface area contributed by atoms with Crippen molar-refractivity contribution in [3.05, 3.63) is 35.4 Å². The van der Waals surface area contributed by atoms with Gasteiger partial charge in [0.05, 0.1) is 6.04 Å². The van der Waals surface area contributed by atoms with Crippen molar-refractivity contribution in [2.45, 2.75) is 65.0 Å². The number of piperidine rings is 1. The highest BCUT2D eigenvalue weighted by atomic mass is 35.5. The SMILES string of the molecule is CC(NC(=O)[C@H]1CCN[C@@H](C)C1)c1ccc(C(C)(C)C)cc1.Cl. The molecule has 1 heterocycles. The second kappa shape index (κ2) is 8.16. The van der Waals surface area contributed by atoms with E-state index in [2.05, 4.69) is 69.5 Å². The van der Waals surface area contributed by atoms with Gasteiger partial charge in [0.1, 0.15) is 0 Å². The van der Waals surface area contributed by atoms with E-state index >= 15 is 0 Å². The predicted octanol–water partition coefficient (Wildman–Crippen LogP) is 3.97. The van der Waals surface area contributed by atoms with E-state index in [1.165, 1.54) is 11.1 Å². The largest absolute Gasteiger partial charge is 0.349 e. The number of carbonyl (C=O) groups is 1. The van der Waals surface area contributed by atoms with Crippen molar-refractivity contribution >= 4 is 18.3 Å². The number of carbonyl (C=O) groups excluding carboxylic acids is 1. The van der Waals surface area contributed by atoms with Crippen molar-refractivity contribution in [1.82, 2.24) is 10.6 Å². The molecule has 0 aliphatic carbocycles. The summed E-state index contributed by atoms with van der Waals surface area (Å²) in [6.45, 7) is 11.8. The van der Waals surface area contributed by atoms with Crippen LogP contribution in [0.3, 0.4) is 0 Å². The van der Waals surface area contributed by atoms with Gasteiger partial charge in [0.2, 0.25) is 5.91 Å². The molecule has 1 fully saturated rings. The van der Waals surface area contributed by atoms with Crippen LogP contribution in [0.4, 0.5) is 0 Å². The topological polar surface area (TPSA) is 41.1 Å². The molecule has 1 aromatic rings. The number of hydrogen-bond acceptors (Lipinski definition) is 2. The van der Waals surface area contributed by atoms with Gasteiger partial charge in [-0.15, -0.1) is 12.4 Å². The summed E-state index contributed by atoms with van der Waals surface area (Å²) in [5, 5.41) is 6.57. The maximum absolute atomic E-state index is 12.4. The van der Waals surface area contributed by atoms with E-state index < -0.39 is 0 Å². The minimum atomic E-state index is 0. The second-order valence-electron chi connectivity index (χ2n) is 7.68. The number of hydrogen-bond donors (Lipinski definition) is 2. The summed E-state index contributed by atoms with van der Waals surface area (Å²) in [5.41, 5.74) is 2.65. The zero-order valence-electron chi connectivity index (χ0n) is 15.0. The van der Waals surface area contributed by atoms with Crippen molar-refractivity contribution < 1.29 is 4.79 Å². The maximum Gasteiger partial charge on any atom is 0.223 e. The summed E-state index contributed by atoms with van der Waals surface area (Å²) in [6.07, 6.45) is 1.87. The fraction of sp³-hybridized carbons (Fsp3) is 0.632. The minimum Gasteiger partial charge on any atom is -0.349 e. The van der Waals surface area contributed by atoms with Crippen LogP contribution in [-0.4, -0.2) is 18.5 Å². The molecule has 1 aliphatic heterocycles. The van der Waals surface area contributed by atoms with Crippen LogP contribution >= 0.6 is 12.4 Å². The van der Waals surface area contributed by atoms with E-state index in [1.54, 1.807) is 0 Å². The standard InChI is InChI=1S/C19H30N2O.ClH/c1-13-12-16(10-11-20-13)18(22)21-14(2)15-6-8-17(9-7-15)19(3,4)5;/h6-9,13-14,16,20H,10-12H2,1-5H3,(H,21,22);1H/t13-,14?,16-;/m0./s1. The van der Waals surface area contributed by atoms with Gasteiger partial charge in [0.25, 0.3) is 0 Å². The van der Waals surface area contributed by atoms with E-state index in [0.717, 1.165) is 19.4 Å². The summed E-state index contributed by atoms with van der Waals surface area (Å²) < 4.78 is 0. The van der Waals surface area contributed by atoms with Crippen LogP contribution in [0.5, 0.6) is 0 Å². The number of halogens is 1. The van der Waals surface area contributed by atoms with Crippen LogP contribution in [0.15, 0.2) is 24.3 Å². The first kappa shape index (κ1) is 20.0. The monoisotopic (exact) mass is 338 g/mol. The Kier molecular flexibility index (Phi) is 7.09. The lowest BCUT2D eigenvalue weighted by atomic mass is 9.86. The smallest absolute Gasteiger partial charge is 0.223 e. The van der Waals surface area contributed by atoms with Crippen LogP contribution in [0.2, 0.25) is 0 Å². The molecule has 130 valence electrons. The van der Waals surface area contributed by atoms with Gasteiger partial charge in [0, 0.05) is 12.0 Å². The third-order valence-electron chi connectivity index (χ3n) is 4.63. The normalized spacial score (nSPS) is 22.8. The van der Waals surface area contributed by atoms with Crippen LogP contribution in [-0.2, 0) is 10.2 Å². The molecule has 1 unspecified atom stereocenters. The first-order chi connectivity index (χ1) is 10.3. The summed E-state index contributed by atoms with van der Waals surface area (Å²) >= 11 is 0. The van der Waals surface area contributed by atoms with E-state index in [4.69, 9.17) is 0 Å². The molecular formula is C19H31ClN2O. The first-order valence-electron chi connectivity index (χ1n) is 8.41. The van der Waals surface area contributed by atoms with Crippen molar-refractivity contribution in [2.75, 3.05) is 6.54 Å². The fourth-order valence-corrected chi connectivity index (χ4v) is 3.06. The highest BCUT2D eigenvalue weighted by Gasteiger charge is 2.25. The van der Waals surface area contributed by atoms with E-state index in [9.17, 15) is 4.79 Å². The predicted molar refractivity (Wildman–Crippen MR) is 99.1 cm³/mol. The van der Waals surface area contributed by atoms with Crippen LogP contribution in [0.1, 0.15) is 64.6 Å². The molecule has 0 bridgehead atoms. The van der Waals surface area contributed by atoms with Gasteiger partial charge in [-0.2, -0.15) is 0 Å². The molecule has 1 amide bonds. The van der Waals surface area contributed by atoms with Crippen LogP contribution in [0.25, 0.3) is 0 Å². The third-order valence-corrected chi connectivity index (χ3v) is 4.63. The van der Waals surface area contributed by atoms with Gasteiger partial charge in [-0.3, -0.25) is 4.79 Å². The van der Waals surface area contributed by atoms with E-state index in [1.807, 2.05) is 0 Å². The summed E-state index contributed by atoms with van der Waals surface area (Å²) in [4.78, 5) is 12.4. The molecule has 4 heteroatoms. The van der Waals surface area contributed by atoms with Gasteiger partial charge in [0.15, 0.2) is 0 Å². The van der Waals surface area contributed by atoms with Gasteiger partial charge in [-0.1, -0.05) is 45.0 Å². The molecule has 1 aromatic carbocycles. The van der Waals surface area contributed by atoms with Gasteiger partial charge < -0.3 is 10.6 Å². The van der Waals surface area contributed by atoms with E-state index in [-0.39, 0.29) is 35.7 Å². The Morgan fingerprint density at radius 3 is 2.39 bits per heavy atom. The molecule has 2 N–H and O–H groups in total. The molecule has 1 saturated heterocycles. The zero-order valence-corrected chi connectivity index (χ0v) is 15.8. The number of nitrogens with one attached hydrogen (secondary N) is 2. The minimum absolute atomic E-state index is 0. The third kappa shape index (κ3) is 5.50. The lowest BCUT2D eigenvalue weighted by molar-refractivity contribution is -0.126. The average Bonchev–Trinajstić information content (AvgIpc) is 2.46. The fourth-order valence-electron chi connectivity index (χ4n) is 3.06. The average molecular weight is 339 g/mol. The Morgan fingerprint density at radius 2 is 1.87 bits per heavy atom. The van der Waals surface area contributed by atoms with Gasteiger partial charge in [-0.25, -0.2) is 0 Å². The Bertz CT molecular complexity index is 507. The van der Waals surface area contributed by atoms with Gasteiger partial charge >= 0.3 is 0 Å². The second-order valence-corrected chi connectivity index (χ2v) is 7.68. The number of rotatable bonds is 3. The van der Waals surface area contributed by atoms with Crippen LogP contribution < -0.4 is 10.6 Å². The Labute approximate surface area is 147 Å². The van der Waals surface area contributed by atoms with Crippen molar-refractivity contribution in [1.29, 1.82) is 0 Å². The van der Waals surface area contributed by atoms with Crippen LogP contribution in [0, 0.1) is 5.92 Å². The summed E-state index contributed by atoms with van der Waals surface area (Å²) in [5.74, 6) is 0.341. The lowest BCUT2D eigenvalue weighted by Gasteiger charge is -2.28. The van der Waals surface area contributed by atoms with Gasteiger partial charge in [-0.05, 0) is 49.8 Å². The Morgan fingerprint density at radius 1 is 1.26 bits per heavy atom. The van der Waals surface area contributed by atoms with Crippen molar-refractivity contribution in [3.63, 3.8) is 0 Å². The molecule has 3 atom stereocenters. The summed E-state index contributed by atoms with van der Waals surface area (Å²) in [7, 11) is 0. The molecule has 1 aliphatic rings. The molecule has 2 rings (SSSR count). The lowest BCUT2D eigenvalue weighted by Crippen LogP contribution is -2.42. The number of benzene rings is 1. The molecular weight excluding hydrogens is 308 g/mol. The molecule has 23 heavy (non-hydrogen) atoms. The molecule has 0 spiro atoms.